The summed E-state index contributed by atoms with van der Waals surface area (Å²) in [5.41, 5.74) is 0.978. The average Bonchev–Trinajstić information content (AvgIpc) is 2.37. The molecule has 0 aliphatic rings. The monoisotopic (exact) mass is 234 g/mol. The molecule has 0 fully saturated rings. The van der Waals surface area contributed by atoms with E-state index in [0.29, 0.717) is 25.0 Å². The van der Waals surface area contributed by atoms with Crippen LogP contribution >= 0.6 is 0 Å². The largest absolute Gasteiger partial charge is 0.486 e. The maximum absolute atomic E-state index is 11.2. The van der Waals surface area contributed by atoms with E-state index < -0.39 is 0 Å². The summed E-state index contributed by atoms with van der Waals surface area (Å²) in [6.45, 7) is 3.78. The van der Waals surface area contributed by atoms with Crippen molar-refractivity contribution in [2.75, 3.05) is 6.61 Å². The molecule has 0 spiro atoms. The van der Waals surface area contributed by atoms with Gasteiger partial charge < -0.3 is 4.74 Å². The van der Waals surface area contributed by atoms with Crippen LogP contribution in [0.25, 0.3) is 0 Å². The Morgan fingerprint density at radius 2 is 1.59 bits per heavy atom. The smallest absolute Gasteiger partial charge is 0.169 e. The van der Waals surface area contributed by atoms with Gasteiger partial charge in [0.2, 0.25) is 0 Å². The van der Waals surface area contributed by atoms with Crippen LogP contribution in [0.1, 0.15) is 32.3 Å². The Labute approximate surface area is 102 Å². The maximum atomic E-state index is 11.2. The first-order valence-electron chi connectivity index (χ1n) is 5.90. The third-order valence-electron chi connectivity index (χ3n) is 2.51. The molecule has 0 heterocycles. The minimum absolute atomic E-state index is 0.0789. The number of ketones is 2. The Hall–Kier alpha value is -1.64. The molecule has 0 aliphatic heterocycles. The highest BCUT2D eigenvalue weighted by atomic mass is 16.5. The molecule has 1 aromatic carbocycles. The Morgan fingerprint density at radius 1 is 1.00 bits per heavy atom. The zero-order valence-corrected chi connectivity index (χ0v) is 10.4. The summed E-state index contributed by atoms with van der Waals surface area (Å²) in [7, 11) is 0. The molecule has 0 aromatic heterocycles. The molecule has 92 valence electrons. The van der Waals surface area contributed by atoms with E-state index in [9.17, 15) is 9.59 Å². The molecule has 1 aromatic rings. The van der Waals surface area contributed by atoms with Crippen molar-refractivity contribution in [3.05, 3.63) is 29.8 Å². The summed E-state index contributed by atoms with van der Waals surface area (Å²) in [4.78, 5) is 22.3. The molecule has 0 N–H and O–H groups in total. The molecule has 3 nitrogen and oxygen atoms in total. The first-order valence-corrected chi connectivity index (χ1v) is 5.90. The van der Waals surface area contributed by atoms with E-state index in [-0.39, 0.29) is 18.2 Å². The minimum Gasteiger partial charge on any atom is -0.486 e. The lowest BCUT2D eigenvalue weighted by atomic mass is 10.1. The molecule has 3 heteroatoms. The average molecular weight is 234 g/mol. The van der Waals surface area contributed by atoms with Crippen LogP contribution in [-0.4, -0.2) is 18.2 Å². The summed E-state index contributed by atoms with van der Waals surface area (Å²) >= 11 is 0. The highest BCUT2D eigenvalue weighted by Crippen LogP contribution is 2.13. The van der Waals surface area contributed by atoms with Gasteiger partial charge >= 0.3 is 0 Å². The second-order valence-electron chi connectivity index (χ2n) is 3.89. The van der Waals surface area contributed by atoms with Gasteiger partial charge in [-0.25, -0.2) is 0 Å². The summed E-state index contributed by atoms with van der Waals surface area (Å²) < 4.78 is 5.31. The SMILES string of the molecule is CCC(=O)COc1ccc(CC(=O)CC)cc1. The summed E-state index contributed by atoms with van der Waals surface area (Å²) in [6, 6.07) is 7.31. The van der Waals surface area contributed by atoms with E-state index in [0.717, 1.165) is 5.56 Å². The number of hydrogen-bond acceptors (Lipinski definition) is 3. The second-order valence-corrected chi connectivity index (χ2v) is 3.89. The van der Waals surface area contributed by atoms with Gasteiger partial charge in [-0.2, -0.15) is 0 Å². The Bertz CT molecular complexity index is 379. The first-order chi connectivity index (χ1) is 8.15. The molecule has 17 heavy (non-hydrogen) atoms. The standard InChI is InChI=1S/C14H18O3/c1-3-12(15)9-11-5-7-14(8-6-11)17-10-13(16)4-2/h5-8H,3-4,9-10H2,1-2H3. The van der Waals surface area contributed by atoms with Crippen LogP contribution in [0, 0.1) is 0 Å². The van der Waals surface area contributed by atoms with Crippen LogP contribution < -0.4 is 4.74 Å². The van der Waals surface area contributed by atoms with Crippen molar-refractivity contribution >= 4 is 11.6 Å². The number of carbonyl (C=O) groups excluding carboxylic acids is 2. The van der Waals surface area contributed by atoms with Crippen molar-refractivity contribution in [3.63, 3.8) is 0 Å². The molecule has 1 rings (SSSR count). The summed E-state index contributed by atoms with van der Waals surface area (Å²) in [5.74, 6) is 0.967. The molecule has 0 radical (unpaired) electrons. The fourth-order valence-electron chi connectivity index (χ4n) is 1.32. The van der Waals surface area contributed by atoms with Crippen LogP contribution in [0.15, 0.2) is 24.3 Å². The third-order valence-corrected chi connectivity index (χ3v) is 2.51. The fourth-order valence-corrected chi connectivity index (χ4v) is 1.32. The summed E-state index contributed by atoms with van der Waals surface area (Å²) in [6.07, 6.45) is 1.51. The lowest BCUT2D eigenvalue weighted by Crippen LogP contribution is -2.09. The van der Waals surface area contributed by atoms with Crippen molar-refractivity contribution in [2.24, 2.45) is 0 Å². The molecule has 0 amide bonds. The van der Waals surface area contributed by atoms with Crippen molar-refractivity contribution < 1.29 is 14.3 Å². The minimum atomic E-state index is 0.0789. The molecule has 0 unspecified atom stereocenters. The predicted molar refractivity (Wildman–Crippen MR) is 66.2 cm³/mol. The van der Waals surface area contributed by atoms with E-state index in [1.807, 2.05) is 26.0 Å². The molecule has 0 saturated carbocycles. The topological polar surface area (TPSA) is 43.4 Å². The number of Topliss-reactive ketones (excluding diaryl/α,β-unsaturated/α-hetero) is 2. The number of benzene rings is 1. The van der Waals surface area contributed by atoms with Crippen molar-refractivity contribution in [1.29, 1.82) is 0 Å². The van der Waals surface area contributed by atoms with Gasteiger partial charge in [0.05, 0.1) is 0 Å². The number of carbonyl (C=O) groups is 2. The fraction of sp³-hybridized carbons (Fsp3) is 0.429. The van der Waals surface area contributed by atoms with E-state index in [1.54, 1.807) is 12.1 Å². The molecular formula is C14H18O3. The second kappa shape index (κ2) is 6.84. The molecule has 0 saturated heterocycles. The number of hydrogen-bond donors (Lipinski definition) is 0. The quantitative estimate of drug-likeness (QED) is 0.728. The van der Waals surface area contributed by atoms with Gasteiger partial charge in [0.15, 0.2) is 5.78 Å². The van der Waals surface area contributed by atoms with E-state index in [1.165, 1.54) is 0 Å². The summed E-state index contributed by atoms with van der Waals surface area (Å²) in [5, 5.41) is 0. The van der Waals surface area contributed by atoms with Gasteiger partial charge in [-0.1, -0.05) is 26.0 Å². The van der Waals surface area contributed by atoms with Gasteiger partial charge in [0.1, 0.15) is 18.1 Å². The first kappa shape index (κ1) is 13.4. The van der Waals surface area contributed by atoms with Gasteiger partial charge in [-0.15, -0.1) is 0 Å². The number of rotatable bonds is 7. The molecule has 0 aliphatic carbocycles. The zero-order valence-electron chi connectivity index (χ0n) is 10.4. The van der Waals surface area contributed by atoms with E-state index in [4.69, 9.17) is 4.74 Å². The molecular weight excluding hydrogens is 216 g/mol. The van der Waals surface area contributed by atoms with Gasteiger partial charge in [-0.3, -0.25) is 9.59 Å². The van der Waals surface area contributed by atoms with Gasteiger partial charge in [0.25, 0.3) is 0 Å². The predicted octanol–water partition coefficient (Wildman–Crippen LogP) is 2.57. The van der Waals surface area contributed by atoms with Crippen molar-refractivity contribution in [3.8, 4) is 5.75 Å². The van der Waals surface area contributed by atoms with E-state index >= 15 is 0 Å². The third kappa shape index (κ3) is 4.81. The van der Waals surface area contributed by atoms with Crippen molar-refractivity contribution in [2.45, 2.75) is 33.1 Å². The van der Waals surface area contributed by atoms with Crippen LogP contribution in [0.4, 0.5) is 0 Å². The number of ether oxygens (including phenoxy) is 1. The maximum Gasteiger partial charge on any atom is 0.169 e. The van der Waals surface area contributed by atoms with Crippen LogP contribution in [0.5, 0.6) is 5.75 Å². The van der Waals surface area contributed by atoms with Gasteiger partial charge in [0, 0.05) is 19.3 Å². The Balaban J connectivity index is 2.50. The molecule has 0 bridgehead atoms. The Kier molecular flexibility index (Phi) is 5.40. The Morgan fingerprint density at radius 3 is 2.12 bits per heavy atom. The lowest BCUT2D eigenvalue weighted by molar-refractivity contribution is -0.120. The van der Waals surface area contributed by atoms with E-state index in [2.05, 4.69) is 0 Å². The highest BCUT2D eigenvalue weighted by Gasteiger charge is 2.02. The van der Waals surface area contributed by atoms with Crippen LogP contribution in [-0.2, 0) is 16.0 Å². The van der Waals surface area contributed by atoms with Crippen molar-refractivity contribution in [1.82, 2.24) is 0 Å². The van der Waals surface area contributed by atoms with Crippen LogP contribution in [0.3, 0.4) is 0 Å². The van der Waals surface area contributed by atoms with Crippen LogP contribution in [0.2, 0.25) is 0 Å². The normalized spacial score (nSPS) is 10.0. The molecule has 0 atom stereocenters. The lowest BCUT2D eigenvalue weighted by Gasteiger charge is -2.05. The zero-order chi connectivity index (χ0) is 12.7. The highest BCUT2D eigenvalue weighted by molar-refractivity contribution is 5.80. The van der Waals surface area contributed by atoms with Gasteiger partial charge in [-0.05, 0) is 17.7 Å².